The Morgan fingerprint density at radius 2 is 1.95 bits per heavy atom. The molecule has 1 fully saturated rings. The van der Waals surface area contributed by atoms with Gasteiger partial charge in [0.1, 0.15) is 5.69 Å². The van der Waals surface area contributed by atoms with Crippen molar-refractivity contribution >= 4 is 23.0 Å². The van der Waals surface area contributed by atoms with E-state index in [2.05, 4.69) is 10.2 Å². The zero-order valence-electron chi connectivity index (χ0n) is 11.3. The van der Waals surface area contributed by atoms with Crippen LogP contribution in [0.5, 0.6) is 0 Å². The molecule has 0 saturated carbocycles. The van der Waals surface area contributed by atoms with Gasteiger partial charge in [0.05, 0.1) is 11.3 Å². The molecule has 3 rings (SSSR count). The average Bonchev–Trinajstić information content (AvgIpc) is 2.77. The molecule has 1 amide bonds. The maximum absolute atomic E-state index is 11.4. The summed E-state index contributed by atoms with van der Waals surface area (Å²) in [6.07, 6.45) is 0.221. The van der Waals surface area contributed by atoms with Crippen molar-refractivity contribution in [2.45, 2.75) is 6.42 Å². The predicted molar refractivity (Wildman–Crippen MR) is 75.1 cm³/mol. The Kier molecular flexibility index (Phi) is 3.06. The molecule has 2 aliphatic heterocycles. The number of fused-ring (bicyclic) bond motifs is 1. The van der Waals surface area contributed by atoms with Crippen molar-refractivity contribution in [2.75, 3.05) is 43.4 Å². The zero-order valence-corrected chi connectivity index (χ0v) is 11.3. The van der Waals surface area contributed by atoms with Crippen molar-refractivity contribution in [3.8, 4) is 0 Å². The summed E-state index contributed by atoms with van der Waals surface area (Å²) in [5.41, 5.74) is 2.10. The van der Waals surface area contributed by atoms with Crippen LogP contribution in [0.15, 0.2) is 12.1 Å². The fraction of sp³-hybridized carbons (Fsp3) is 0.462. The number of carbonyl (C=O) groups is 1. The Hall–Kier alpha value is -2.15. The normalized spacial score (nSPS) is 18.9. The average molecular weight is 276 g/mol. The number of likely N-dealkylation sites (N-methyl/N-ethyl adjacent to an activating group) is 1. The number of nitro groups is 1. The molecule has 106 valence electrons. The lowest BCUT2D eigenvalue weighted by molar-refractivity contribution is -0.384. The Balaban J connectivity index is 1.99. The van der Waals surface area contributed by atoms with Crippen LogP contribution >= 0.6 is 0 Å². The lowest BCUT2D eigenvalue weighted by Gasteiger charge is -2.33. The number of nitrogens with zero attached hydrogens (tertiary/aromatic N) is 3. The molecule has 0 spiro atoms. The van der Waals surface area contributed by atoms with Gasteiger partial charge in [-0.2, -0.15) is 0 Å². The van der Waals surface area contributed by atoms with Gasteiger partial charge in [-0.25, -0.2) is 0 Å². The van der Waals surface area contributed by atoms with Gasteiger partial charge in [-0.1, -0.05) is 0 Å². The molecule has 0 atom stereocenters. The van der Waals surface area contributed by atoms with Crippen LogP contribution in [0.3, 0.4) is 0 Å². The van der Waals surface area contributed by atoms with E-state index in [1.807, 2.05) is 11.9 Å². The van der Waals surface area contributed by atoms with Gasteiger partial charge in [-0.3, -0.25) is 14.9 Å². The smallest absolute Gasteiger partial charge is 0.292 e. The van der Waals surface area contributed by atoms with Gasteiger partial charge in [0.15, 0.2) is 0 Å². The number of nitro benzene ring substituents is 1. The molecule has 0 radical (unpaired) electrons. The molecule has 0 unspecified atom stereocenters. The minimum absolute atomic E-state index is 0.0878. The fourth-order valence-corrected chi connectivity index (χ4v) is 2.70. The van der Waals surface area contributed by atoms with Crippen LogP contribution in [0.1, 0.15) is 5.56 Å². The van der Waals surface area contributed by atoms with Crippen LogP contribution in [0.4, 0.5) is 17.1 Å². The van der Waals surface area contributed by atoms with Gasteiger partial charge in [0.2, 0.25) is 5.91 Å². The van der Waals surface area contributed by atoms with Gasteiger partial charge in [0.25, 0.3) is 5.69 Å². The van der Waals surface area contributed by atoms with Gasteiger partial charge in [-0.05, 0) is 18.7 Å². The van der Waals surface area contributed by atoms with E-state index < -0.39 is 0 Å². The van der Waals surface area contributed by atoms with Crippen LogP contribution in [0.2, 0.25) is 0 Å². The summed E-state index contributed by atoms with van der Waals surface area (Å²) in [5.74, 6) is -0.107. The van der Waals surface area contributed by atoms with E-state index in [1.54, 1.807) is 6.07 Å². The summed E-state index contributed by atoms with van der Waals surface area (Å²) in [7, 11) is 2.04. The van der Waals surface area contributed by atoms with Crippen LogP contribution < -0.4 is 10.2 Å². The molecule has 7 nitrogen and oxygen atoms in total. The summed E-state index contributed by atoms with van der Waals surface area (Å²) in [6, 6.07) is 3.27. The van der Waals surface area contributed by atoms with E-state index in [4.69, 9.17) is 0 Å². The molecule has 2 aliphatic rings. The topological polar surface area (TPSA) is 78.7 Å². The molecular formula is C13H16N4O3. The lowest BCUT2D eigenvalue weighted by Crippen LogP contribution is -2.44. The second kappa shape index (κ2) is 4.75. The fourth-order valence-electron chi connectivity index (χ4n) is 2.70. The molecule has 0 bridgehead atoms. The summed E-state index contributed by atoms with van der Waals surface area (Å²) < 4.78 is 0. The van der Waals surface area contributed by atoms with E-state index in [9.17, 15) is 14.9 Å². The first-order valence-corrected chi connectivity index (χ1v) is 6.59. The summed E-state index contributed by atoms with van der Waals surface area (Å²) in [5, 5.41) is 14.0. The van der Waals surface area contributed by atoms with Crippen LogP contribution in [0, 0.1) is 10.1 Å². The third-order valence-corrected chi connectivity index (χ3v) is 3.87. The molecule has 2 heterocycles. The maximum Gasteiger partial charge on any atom is 0.292 e. The third-order valence-electron chi connectivity index (χ3n) is 3.87. The summed E-state index contributed by atoms with van der Waals surface area (Å²) in [6.45, 7) is 3.26. The molecule has 0 aromatic heterocycles. The molecule has 0 aliphatic carbocycles. The van der Waals surface area contributed by atoms with E-state index in [-0.39, 0.29) is 22.9 Å². The number of rotatable bonds is 2. The number of benzene rings is 1. The van der Waals surface area contributed by atoms with Crippen LogP contribution in [-0.4, -0.2) is 49.0 Å². The quantitative estimate of drug-likeness (QED) is 0.639. The Morgan fingerprint density at radius 1 is 1.25 bits per heavy atom. The molecule has 1 N–H and O–H groups in total. The first-order valence-electron chi connectivity index (χ1n) is 6.59. The minimum Gasteiger partial charge on any atom is -0.363 e. The molecule has 1 aromatic carbocycles. The number of anilines is 2. The second-order valence-corrected chi connectivity index (χ2v) is 5.27. The van der Waals surface area contributed by atoms with Gasteiger partial charge in [-0.15, -0.1) is 0 Å². The number of hydrogen-bond donors (Lipinski definition) is 1. The van der Waals surface area contributed by atoms with E-state index >= 15 is 0 Å². The molecule has 1 saturated heterocycles. The van der Waals surface area contributed by atoms with Crippen molar-refractivity contribution in [1.82, 2.24) is 4.90 Å². The van der Waals surface area contributed by atoms with Gasteiger partial charge < -0.3 is 15.1 Å². The predicted octanol–water partition coefficient (Wildman–Crippen LogP) is 0.841. The standard InChI is InChI=1S/C13H16N4O3/c1-15-2-4-16(5-3-15)11-8-10-9(7-13(18)14-10)6-12(11)17(19)20/h6,8H,2-5,7H2,1H3,(H,14,18). The van der Waals surface area contributed by atoms with Crippen molar-refractivity contribution in [3.63, 3.8) is 0 Å². The van der Waals surface area contributed by atoms with E-state index in [0.29, 0.717) is 16.9 Å². The Morgan fingerprint density at radius 3 is 2.60 bits per heavy atom. The van der Waals surface area contributed by atoms with Crippen LogP contribution in [0.25, 0.3) is 0 Å². The highest BCUT2D eigenvalue weighted by atomic mass is 16.6. The Bertz CT molecular complexity index is 579. The third kappa shape index (κ3) is 2.20. The van der Waals surface area contributed by atoms with Crippen molar-refractivity contribution < 1.29 is 9.72 Å². The number of hydrogen-bond acceptors (Lipinski definition) is 5. The lowest BCUT2D eigenvalue weighted by atomic mass is 10.1. The van der Waals surface area contributed by atoms with Gasteiger partial charge >= 0.3 is 0 Å². The van der Waals surface area contributed by atoms with Crippen molar-refractivity contribution in [2.24, 2.45) is 0 Å². The van der Waals surface area contributed by atoms with E-state index in [0.717, 1.165) is 26.2 Å². The maximum atomic E-state index is 11.4. The monoisotopic (exact) mass is 276 g/mol. The highest BCUT2D eigenvalue weighted by Gasteiger charge is 2.28. The largest absolute Gasteiger partial charge is 0.363 e. The minimum atomic E-state index is -0.364. The molecular weight excluding hydrogens is 260 g/mol. The summed E-state index contributed by atoms with van der Waals surface area (Å²) in [4.78, 5) is 26.5. The number of carbonyl (C=O) groups excluding carboxylic acids is 1. The van der Waals surface area contributed by atoms with Crippen LogP contribution in [-0.2, 0) is 11.2 Å². The van der Waals surface area contributed by atoms with Crippen molar-refractivity contribution in [3.05, 3.63) is 27.8 Å². The number of amides is 1. The first-order chi connectivity index (χ1) is 9.54. The summed E-state index contributed by atoms with van der Waals surface area (Å²) >= 11 is 0. The van der Waals surface area contributed by atoms with E-state index in [1.165, 1.54) is 6.07 Å². The number of piperazine rings is 1. The highest BCUT2D eigenvalue weighted by molar-refractivity contribution is 6.00. The molecule has 20 heavy (non-hydrogen) atoms. The number of nitrogens with one attached hydrogen (secondary N) is 1. The SMILES string of the molecule is CN1CCN(c2cc3c(cc2[N+](=O)[O-])CC(=O)N3)CC1. The second-order valence-electron chi connectivity index (χ2n) is 5.27. The first kappa shape index (κ1) is 12.9. The highest BCUT2D eigenvalue weighted by Crippen LogP contribution is 2.37. The Labute approximate surface area is 116 Å². The van der Waals surface area contributed by atoms with Gasteiger partial charge in [0, 0.05) is 37.9 Å². The van der Waals surface area contributed by atoms with Crippen molar-refractivity contribution in [1.29, 1.82) is 0 Å². The molecule has 7 heteroatoms. The zero-order chi connectivity index (χ0) is 14.3. The molecule has 1 aromatic rings.